The number of anilines is 1. The number of amides is 2. The third kappa shape index (κ3) is 5.68. The van der Waals surface area contributed by atoms with E-state index in [9.17, 15) is 9.59 Å². The third-order valence-electron chi connectivity index (χ3n) is 2.44. The maximum absolute atomic E-state index is 11.7. The lowest BCUT2D eigenvalue weighted by Crippen LogP contribution is -2.38. The monoisotopic (exact) mass is 281 g/mol. The molecular formula is C13H19N3O4. The lowest BCUT2D eigenvalue weighted by Gasteiger charge is -2.11. The first-order chi connectivity index (χ1) is 9.52. The first kappa shape index (κ1) is 15.9. The van der Waals surface area contributed by atoms with Crippen LogP contribution in [0.5, 0.6) is 5.75 Å². The molecule has 0 saturated heterocycles. The molecule has 1 rings (SSSR count). The fraction of sp³-hybridized carbons (Fsp3) is 0.385. The van der Waals surface area contributed by atoms with E-state index < -0.39 is 17.9 Å². The van der Waals surface area contributed by atoms with E-state index in [0.29, 0.717) is 24.7 Å². The van der Waals surface area contributed by atoms with Crippen molar-refractivity contribution >= 4 is 17.5 Å². The predicted octanol–water partition coefficient (Wildman–Crippen LogP) is -0.147. The van der Waals surface area contributed by atoms with E-state index in [4.69, 9.17) is 20.9 Å². The van der Waals surface area contributed by atoms with Gasteiger partial charge in [0.1, 0.15) is 12.4 Å². The van der Waals surface area contributed by atoms with Crippen molar-refractivity contribution in [3.63, 3.8) is 0 Å². The van der Waals surface area contributed by atoms with Crippen LogP contribution < -0.4 is 21.5 Å². The van der Waals surface area contributed by atoms with Crippen LogP contribution >= 0.6 is 0 Å². The highest BCUT2D eigenvalue weighted by molar-refractivity contribution is 5.97. The van der Waals surface area contributed by atoms with Gasteiger partial charge in [-0.3, -0.25) is 9.59 Å². The molecule has 2 amide bonds. The number of nitrogens with one attached hydrogen (secondary N) is 1. The molecule has 110 valence electrons. The molecule has 0 fully saturated rings. The van der Waals surface area contributed by atoms with Gasteiger partial charge in [-0.1, -0.05) is 0 Å². The fourth-order valence-electron chi connectivity index (χ4n) is 1.42. The molecular weight excluding hydrogens is 262 g/mol. The molecule has 20 heavy (non-hydrogen) atoms. The number of methoxy groups -OCH3 is 1. The number of ether oxygens (including phenoxy) is 2. The van der Waals surface area contributed by atoms with Crippen molar-refractivity contribution in [1.29, 1.82) is 0 Å². The number of primary amides is 1. The van der Waals surface area contributed by atoms with E-state index in [0.717, 1.165) is 0 Å². The van der Waals surface area contributed by atoms with Gasteiger partial charge in [0.05, 0.1) is 19.1 Å². The summed E-state index contributed by atoms with van der Waals surface area (Å²) in [5.41, 5.74) is 11.1. The number of hydrogen-bond donors (Lipinski definition) is 3. The van der Waals surface area contributed by atoms with E-state index >= 15 is 0 Å². The molecule has 1 unspecified atom stereocenters. The molecule has 0 spiro atoms. The van der Waals surface area contributed by atoms with Gasteiger partial charge in [0.15, 0.2) is 0 Å². The molecule has 0 aromatic heterocycles. The second-order valence-corrected chi connectivity index (χ2v) is 4.13. The van der Waals surface area contributed by atoms with Gasteiger partial charge in [-0.15, -0.1) is 0 Å². The Kier molecular flexibility index (Phi) is 6.48. The van der Waals surface area contributed by atoms with Crippen LogP contribution in [-0.4, -0.2) is 38.2 Å². The largest absolute Gasteiger partial charge is 0.491 e. The van der Waals surface area contributed by atoms with Crippen molar-refractivity contribution in [2.45, 2.75) is 12.5 Å². The molecule has 0 saturated carbocycles. The quantitative estimate of drug-likeness (QED) is 0.573. The van der Waals surface area contributed by atoms with Crippen LogP contribution in [0.25, 0.3) is 0 Å². The Labute approximate surface area is 117 Å². The summed E-state index contributed by atoms with van der Waals surface area (Å²) in [6.07, 6.45) is -0.190. The van der Waals surface area contributed by atoms with Gasteiger partial charge in [0.2, 0.25) is 11.8 Å². The molecule has 0 aliphatic carbocycles. The van der Waals surface area contributed by atoms with Gasteiger partial charge in [0, 0.05) is 12.8 Å². The van der Waals surface area contributed by atoms with Crippen molar-refractivity contribution in [2.75, 3.05) is 25.6 Å². The third-order valence-corrected chi connectivity index (χ3v) is 2.44. The van der Waals surface area contributed by atoms with Crippen LogP contribution in [0.2, 0.25) is 0 Å². The van der Waals surface area contributed by atoms with E-state index in [1.165, 1.54) is 0 Å². The molecule has 1 atom stereocenters. The zero-order chi connectivity index (χ0) is 15.0. The first-order valence-electron chi connectivity index (χ1n) is 6.09. The molecule has 0 heterocycles. The number of hydrogen-bond acceptors (Lipinski definition) is 5. The van der Waals surface area contributed by atoms with Crippen molar-refractivity contribution in [1.82, 2.24) is 0 Å². The Morgan fingerprint density at radius 2 is 1.90 bits per heavy atom. The van der Waals surface area contributed by atoms with Crippen LogP contribution in [0.15, 0.2) is 24.3 Å². The van der Waals surface area contributed by atoms with E-state index in [2.05, 4.69) is 5.32 Å². The van der Waals surface area contributed by atoms with Crippen molar-refractivity contribution in [3.05, 3.63) is 24.3 Å². The maximum atomic E-state index is 11.7. The van der Waals surface area contributed by atoms with E-state index in [1.54, 1.807) is 31.4 Å². The summed E-state index contributed by atoms with van der Waals surface area (Å²) in [7, 11) is 1.59. The van der Waals surface area contributed by atoms with Crippen LogP contribution in [-0.2, 0) is 14.3 Å². The minimum atomic E-state index is -0.954. The zero-order valence-corrected chi connectivity index (χ0v) is 11.3. The minimum Gasteiger partial charge on any atom is -0.491 e. The Bertz CT molecular complexity index is 447. The zero-order valence-electron chi connectivity index (χ0n) is 11.3. The molecule has 7 nitrogen and oxygen atoms in total. The minimum absolute atomic E-state index is 0.190. The van der Waals surface area contributed by atoms with Crippen molar-refractivity contribution < 1.29 is 19.1 Å². The topological polar surface area (TPSA) is 117 Å². The normalized spacial score (nSPS) is 11.7. The van der Waals surface area contributed by atoms with Gasteiger partial charge in [-0.25, -0.2) is 0 Å². The molecule has 0 aliphatic heterocycles. The number of rotatable bonds is 8. The van der Waals surface area contributed by atoms with E-state index in [1.807, 2.05) is 0 Å². The summed E-state index contributed by atoms with van der Waals surface area (Å²) < 4.78 is 10.2. The number of nitrogens with two attached hydrogens (primary N) is 2. The highest BCUT2D eigenvalue weighted by atomic mass is 16.5. The molecule has 0 aliphatic rings. The molecule has 7 heteroatoms. The van der Waals surface area contributed by atoms with Crippen LogP contribution in [0.3, 0.4) is 0 Å². The van der Waals surface area contributed by atoms with Crippen molar-refractivity contribution in [3.8, 4) is 5.75 Å². The van der Waals surface area contributed by atoms with Gasteiger partial charge < -0.3 is 26.3 Å². The average Bonchev–Trinajstić information content (AvgIpc) is 2.40. The second kappa shape index (κ2) is 8.13. The Morgan fingerprint density at radius 1 is 1.25 bits per heavy atom. The summed E-state index contributed by atoms with van der Waals surface area (Å²) >= 11 is 0. The summed E-state index contributed by atoms with van der Waals surface area (Å²) in [5, 5.41) is 2.59. The highest BCUT2D eigenvalue weighted by Crippen LogP contribution is 2.15. The Morgan fingerprint density at radius 3 is 2.45 bits per heavy atom. The molecule has 1 aromatic carbocycles. The van der Waals surface area contributed by atoms with Crippen LogP contribution in [0.1, 0.15) is 6.42 Å². The van der Waals surface area contributed by atoms with Crippen LogP contribution in [0, 0.1) is 0 Å². The van der Waals surface area contributed by atoms with Crippen molar-refractivity contribution in [2.24, 2.45) is 11.5 Å². The Hall–Kier alpha value is -2.12. The standard InChI is InChI=1S/C13H19N3O4/c1-19-6-7-20-10-4-2-9(3-5-10)16-13(18)11(14)8-12(15)17/h2-5,11H,6-8,14H2,1H3,(H2,15,17)(H,16,18). The summed E-state index contributed by atoms with van der Waals surface area (Å²) in [5.74, 6) is -0.409. The summed E-state index contributed by atoms with van der Waals surface area (Å²) in [6, 6.07) is 5.83. The molecule has 0 bridgehead atoms. The average molecular weight is 281 g/mol. The number of carbonyl (C=O) groups is 2. The van der Waals surface area contributed by atoms with Gasteiger partial charge in [0.25, 0.3) is 0 Å². The smallest absolute Gasteiger partial charge is 0.241 e. The first-order valence-corrected chi connectivity index (χ1v) is 6.09. The predicted molar refractivity (Wildman–Crippen MR) is 74.2 cm³/mol. The summed E-state index contributed by atoms with van der Waals surface area (Å²) in [4.78, 5) is 22.3. The lowest BCUT2D eigenvalue weighted by molar-refractivity contribution is -0.123. The van der Waals surface area contributed by atoms with Gasteiger partial charge in [-0.05, 0) is 24.3 Å². The summed E-state index contributed by atoms with van der Waals surface area (Å²) in [6.45, 7) is 0.951. The Balaban J connectivity index is 2.48. The number of carbonyl (C=O) groups excluding carboxylic acids is 2. The van der Waals surface area contributed by atoms with Gasteiger partial charge in [-0.2, -0.15) is 0 Å². The SMILES string of the molecule is COCCOc1ccc(NC(=O)C(N)CC(N)=O)cc1. The molecule has 1 aromatic rings. The van der Waals surface area contributed by atoms with E-state index in [-0.39, 0.29) is 6.42 Å². The maximum Gasteiger partial charge on any atom is 0.241 e. The van der Waals surface area contributed by atoms with Crippen LogP contribution in [0.4, 0.5) is 5.69 Å². The molecule has 0 radical (unpaired) electrons. The number of benzene rings is 1. The highest BCUT2D eigenvalue weighted by Gasteiger charge is 2.15. The lowest BCUT2D eigenvalue weighted by atomic mass is 10.2. The second-order valence-electron chi connectivity index (χ2n) is 4.13. The fourth-order valence-corrected chi connectivity index (χ4v) is 1.42. The van der Waals surface area contributed by atoms with Gasteiger partial charge >= 0.3 is 0 Å². The molecule has 5 N–H and O–H groups in total.